The van der Waals surface area contributed by atoms with Crippen LogP contribution in [0.3, 0.4) is 0 Å². The second kappa shape index (κ2) is 13.2. The molecule has 0 saturated heterocycles. The molecule has 2 heterocycles. The van der Waals surface area contributed by atoms with Gasteiger partial charge in [0.1, 0.15) is 0 Å². The molecular weight excluding hydrogens is 406 g/mol. The number of amides is 1. The van der Waals surface area contributed by atoms with Gasteiger partial charge in [0.15, 0.2) is 0 Å². The van der Waals surface area contributed by atoms with Crippen molar-refractivity contribution in [3.05, 3.63) is 42.7 Å². The smallest absolute Gasteiger partial charge is 0.407 e. The summed E-state index contributed by atoms with van der Waals surface area (Å²) in [6, 6.07) is 10.5. The van der Waals surface area contributed by atoms with E-state index in [1.165, 1.54) is 36.0 Å². The van der Waals surface area contributed by atoms with Crippen LogP contribution in [0.5, 0.6) is 0 Å². The van der Waals surface area contributed by atoms with E-state index in [2.05, 4.69) is 40.4 Å². The largest absolute Gasteiger partial charge is 0.450 e. The third kappa shape index (κ3) is 7.39. The number of rotatable bonds is 13. The molecule has 0 fully saturated rings. The molecule has 0 spiro atoms. The van der Waals surface area contributed by atoms with Crippen molar-refractivity contribution in [1.82, 2.24) is 15.3 Å². The highest BCUT2D eigenvalue weighted by Gasteiger charge is 2.08. The quantitative estimate of drug-likeness (QED) is 0.176. The summed E-state index contributed by atoms with van der Waals surface area (Å²) < 4.78 is 5.19. The number of benzene rings is 1. The molecule has 3 aromatic rings. The predicted octanol–water partition coefficient (Wildman–Crippen LogP) is 6.99. The molecule has 0 aliphatic heterocycles. The molecule has 1 amide bonds. The molecular formula is C25H35N3O2S. The number of thioether (sulfide) groups is 1. The summed E-state index contributed by atoms with van der Waals surface area (Å²) in [6.07, 6.45) is 12.4. The maximum atomic E-state index is 11.5. The second-order valence-electron chi connectivity index (χ2n) is 7.74. The summed E-state index contributed by atoms with van der Waals surface area (Å²) in [5, 5.41) is 5.11. The summed E-state index contributed by atoms with van der Waals surface area (Å²) >= 11 is 1.92. The van der Waals surface area contributed by atoms with E-state index < -0.39 is 0 Å². The van der Waals surface area contributed by atoms with Gasteiger partial charge in [0, 0.05) is 36.0 Å². The zero-order chi connectivity index (χ0) is 21.7. The van der Waals surface area contributed by atoms with Crippen molar-refractivity contribution in [2.45, 2.75) is 63.2 Å². The molecule has 0 saturated carbocycles. The van der Waals surface area contributed by atoms with Crippen LogP contribution >= 0.6 is 11.8 Å². The lowest BCUT2D eigenvalue weighted by Crippen LogP contribution is -2.25. The zero-order valence-corrected chi connectivity index (χ0v) is 19.3. The number of nitrogens with one attached hydrogen (secondary N) is 1. The third-order valence-electron chi connectivity index (χ3n) is 5.25. The van der Waals surface area contributed by atoms with Crippen LogP contribution in [0.2, 0.25) is 0 Å². The van der Waals surface area contributed by atoms with E-state index in [9.17, 15) is 4.79 Å². The average Bonchev–Trinajstić information content (AvgIpc) is 2.80. The lowest BCUT2D eigenvalue weighted by Gasteiger charge is -2.09. The lowest BCUT2D eigenvalue weighted by atomic mass is 10.1. The Morgan fingerprint density at radius 1 is 1.00 bits per heavy atom. The highest BCUT2D eigenvalue weighted by Crippen LogP contribution is 2.32. The summed E-state index contributed by atoms with van der Waals surface area (Å²) in [5.41, 5.74) is 1.97. The highest BCUT2D eigenvalue weighted by atomic mass is 32.2. The molecule has 0 aliphatic carbocycles. The number of hydrogen-bond donors (Lipinski definition) is 1. The Labute approximate surface area is 190 Å². The Morgan fingerprint density at radius 2 is 1.74 bits per heavy atom. The van der Waals surface area contributed by atoms with Crippen LogP contribution in [0.15, 0.2) is 47.6 Å². The van der Waals surface area contributed by atoms with E-state index in [-0.39, 0.29) is 7.52 Å². The van der Waals surface area contributed by atoms with Crippen LogP contribution in [0.4, 0.5) is 4.79 Å². The molecule has 0 unspecified atom stereocenters. The number of nitrogens with zero attached hydrogens (tertiary/aromatic N) is 2. The monoisotopic (exact) mass is 441 g/mol. The minimum Gasteiger partial charge on any atom is -0.450 e. The van der Waals surface area contributed by atoms with Gasteiger partial charge in [-0.2, -0.15) is 0 Å². The van der Waals surface area contributed by atoms with Gasteiger partial charge in [-0.25, -0.2) is 4.79 Å². The number of aromatic nitrogens is 2. The number of alkyl carbamates (subject to hydrolysis) is 1. The molecule has 3 rings (SSSR count). The molecule has 2 aromatic heterocycles. The van der Waals surface area contributed by atoms with Crippen molar-refractivity contribution >= 4 is 39.7 Å². The second-order valence-corrected chi connectivity index (χ2v) is 8.87. The van der Waals surface area contributed by atoms with Crippen molar-refractivity contribution in [2.75, 3.05) is 18.9 Å². The van der Waals surface area contributed by atoms with Gasteiger partial charge >= 0.3 is 6.09 Å². The first kappa shape index (κ1) is 23.3. The van der Waals surface area contributed by atoms with Gasteiger partial charge in [0.2, 0.25) is 0 Å². The van der Waals surface area contributed by atoms with E-state index in [1.807, 2.05) is 36.3 Å². The van der Waals surface area contributed by atoms with Gasteiger partial charge in [-0.15, -0.1) is 11.8 Å². The molecule has 168 valence electrons. The van der Waals surface area contributed by atoms with Crippen molar-refractivity contribution in [2.24, 2.45) is 0 Å². The highest BCUT2D eigenvalue weighted by molar-refractivity contribution is 7.99. The number of carbonyl (C=O) groups is 1. The number of fused-ring (bicyclic) bond motifs is 3. The lowest BCUT2D eigenvalue weighted by molar-refractivity contribution is 0.143. The van der Waals surface area contributed by atoms with Crippen molar-refractivity contribution in [1.29, 1.82) is 0 Å². The number of ether oxygens (including phenoxy) is 1. The van der Waals surface area contributed by atoms with Crippen molar-refractivity contribution in [3.8, 4) is 0 Å². The molecule has 5 nitrogen and oxygen atoms in total. The van der Waals surface area contributed by atoms with E-state index >= 15 is 0 Å². The molecule has 31 heavy (non-hydrogen) atoms. The topological polar surface area (TPSA) is 64.1 Å². The maximum absolute atomic E-state index is 11.5. The van der Waals surface area contributed by atoms with Gasteiger partial charge in [0.25, 0.3) is 0 Å². The minimum absolute atomic E-state index is 0. The predicted molar refractivity (Wildman–Crippen MR) is 132 cm³/mol. The van der Waals surface area contributed by atoms with E-state index in [0.717, 1.165) is 47.9 Å². The van der Waals surface area contributed by atoms with Crippen LogP contribution in [0.25, 0.3) is 21.8 Å². The Kier molecular flexibility index (Phi) is 9.90. The molecule has 0 bridgehead atoms. The van der Waals surface area contributed by atoms with Crippen molar-refractivity contribution < 1.29 is 11.0 Å². The van der Waals surface area contributed by atoms with Crippen LogP contribution in [-0.2, 0) is 4.74 Å². The molecule has 0 atom stereocenters. The van der Waals surface area contributed by atoms with Gasteiger partial charge in [-0.3, -0.25) is 9.97 Å². The third-order valence-corrected chi connectivity index (χ3v) is 6.39. The normalized spacial score (nSPS) is 11.1. The summed E-state index contributed by atoms with van der Waals surface area (Å²) in [7, 11) is 0. The summed E-state index contributed by atoms with van der Waals surface area (Å²) in [5.74, 6) is 1.11. The first-order valence-corrected chi connectivity index (χ1v) is 12.4. The fourth-order valence-electron chi connectivity index (χ4n) is 3.54. The number of carbonyl (C=O) groups excluding carboxylic acids is 1. The molecule has 0 aliphatic rings. The van der Waals surface area contributed by atoms with E-state index in [4.69, 9.17) is 4.74 Å². The molecule has 6 heteroatoms. The number of hydrogen-bond acceptors (Lipinski definition) is 5. The number of pyridine rings is 2. The molecule has 1 N–H and O–H groups in total. The minimum atomic E-state index is -0.280. The molecule has 0 radical (unpaired) electrons. The Bertz CT molecular complexity index is 970. The standard InChI is InChI=1S/C25H33N3O2S.H2/c1-2-3-14-28-25(29)30-17-8-6-4-5-7-9-18-31-22-19-20-12-10-15-26-23(20)24-21(22)13-11-16-27-24;/h10-13,15-16,19H,2-9,14,17-18H2,1H3,(H,28,29);1H. The average molecular weight is 442 g/mol. The first-order valence-electron chi connectivity index (χ1n) is 11.5. The van der Waals surface area contributed by atoms with Crippen LogP contribution in [0.1, 0.15) is 59.7 Å². The summed E-state index contributed by atoms with van der Waals surface area (Å²) in [6.45, 7) is 3.33. The molecule has 1 aromatic carbocycles. The van der Waals surface area contributed by atoms with Crippen LogP contribution < -0.4 is 5.32 Å². The van der Waals surface area contributed by atoms with Gasteiger partial charge in [-0.1, -0.05) is 51.2 Å². The SMILES string of the molecule is CCCCNC(=O)OCCCCCCCCSc1cc2cccnc2c2ncccc12.[HH]. The Balaban J connectivity index is 0.00000363. The van der Waals surface area contributed by atoms with Crippen molar-refractivity contribution in [3.63, 3.8) is 0 Å². The van der Waals surface area contributed by atoms with E-state index in [1.54, 1.807) is 0 Å². The van der Waals surface area contributed by atoms with Crippen LogP contribution in [-0.4, -0.2) is 35.0 Å². The van der Waals surface area contributed by atoms with Gasteiger partial charge in [-0.05, 0) is 43.2 Å². The fraction of sp³-hybridized carbons (Fsp3) is 0.480. The number of unbranched alkanes of at least 4 members (excludes halogenated alkanes) is 6. The summed E-state index contributed by atoms with van der Waals surface area (Å²) in [4.78, 5) is 21.8. The fourth-order valence-corrected chi connectivity index (χ4v) is 4.64. The Hall–Kier alpha value is -2.34. The van der Waals surface area contributed by atoms with Gasteiger partial charge < -0.3 is 10.1 Å². The maximum Gasteiger partial charge on any atom is 0.407 e. The van der Waals surface area contributed by atoms with Crippen LogP contribution in [0, 0.1) is 0 Å². The van der Waals surface area contributed by atoms with Gasteiger partial charge in [0.05, 0.1) is 17.6 Å². The Morgan fingerprint density at radius 3 is 2.58 bits per heavy atom. The zero-order valence-electron chi connectivity index (χ0n) is 18.4. The van der Waals surface area contributed by atoms with E-state index in [0.29, 0.717) is 13.2 Å². The first-order chi connectivity index (χ1) is 15.3.